The number of aromatic nitrogens is 2. The highest BCUT2D eigenvalue weighted by molar-refractivity contribution is 5.15. The lowest BCUT2D eigenvalue weighted by Gasteiger charge is -2.40. The van der Waals surface area contributed by atoms with Gasteiger partial charge < -0.3 is 10.0 Å². The average molecular weight is 294 g/mol. The zero-order chi connectivity index (χ0) is 15.5. The number of aliphatic hydroxyl groups is 1. The average Bonchev–Trinajstić information content (AvgIpc) is 2.68. The number of hydrogen-bond acceptors (Lipinski definition) is 4. The smallest absolute Gasteiger partial charge is 0.0900 e. The lowest BCUT2D eigenvalue weighted by atomic mass is 9.92. The first kappa shape index (κ1) is 16.5. The number of β-amino-alcohol motifs (C(OH)–C–C–N with tert-alkyl or cyclic N) is 1. The van der Waals surface area contributed by atoms with Crippen LogP contribution < -0.4 is 0 Å². The Kier molecular flexibility index (Phi) is 5.41. The molecule has 0 spiro atoms. The van der Waals surface area contributed by atoms with Gasteiger partial charge in [-0.2, -0.15) is 5.10 Å². The summed E-state index contributed by atoms with van der Waals surface area (Å²) in [6.45, 7) is 8.67. The zero-order valence-electron chi connectivity index (χ0n) is 14.0. The predicted molar refractivity (Wildman–Crippen MR) is 85.3 cm³/mol. The Balaban J connectivity index is 1.99. The molecule has 1 fully saturated rings. The summed E-state index contributed by atoms with van der Waals surface area (Å²) in [4.78, 5) is 4.45. The van der Waals surface area contributed by atoms with Gasteiger partial charge in [-0.1, -0.05) is 6.92 Å². The van der Waals surface area contributed by atoms with Crippen molar-refractivity contribution in [1.29, 1.82) is 0 Å². The second-order valence-corrected chi connectivity index (χ2v) is 6.78. The number of hydrogen-bond donors (Lipinski definition) is 1. The zero-order valence-corrected chi connectivity index (χ0v) is 14.0. The molecule has 21 heavy (non-hydrogen) atoms. The number of nitrogens with zero attached hydrogens (tertiary/aromatic N) is 4. The predicted octanol–water partition coefficient (Wildman–Crippen LogP) is 1.49. The molecule has 1 aromatic heterocycles. The van der Waals surface area contributed by atoms with E-state index in [9.17, 15) is 5.11 Å². The number of rotatable bonds is 6. The normalized spacial score (nSPS) is 23.9. The third-order valence-corrected chi connectivity index (χ3v) is 4.14. The molecule has 0 radical (unpaired) electrons. The van der Waals surface area contributed by atoms with Gasteiger partial charge in [0.2, 0.25) is 0 Å². The van der Waals surface area contributed by atoms with Gasteiger partial charge in [-0.15, -0.1) is 0 Å². The topological polar surface area (TPSA) is 44.5 Å². The third kappa shape index (κ3) is 4.53. The van der Waals surface area contributed by atoms with E-state index in [1.165, 1.54) is 5.56 Å². The van der Waals surface area contributed by atoms with Crippen molar-refractivity contribution in [2.45, 2.75) is 51.8 Å². The minimum Gasteiger partial charge on any atom is -0.387 e. The molecule has 0 aromatic carbocycles. The molecule has 0 amide bonds. The maximum absolute atomic E-state index is 10.7. The van der Waals surface area contributed by atoms with E-state index in [4.69, 9.17) is 0 Å². The fraction of sp³-hybridized carbons (Fsp3) is 0.812. The molecule has 2 heterocycles. The van der Waals surface area contributed by atoms with Gasteiger partial charge in [0.15, 0.2) is 0 Å². The summed E-state index contributed by atoms with van der Waals surface area (Å²) in [6.07, 6.45) is 5.23. The van der Waals surface area contributed by atoms with Crippen LogP contribution in [0.2, 0.25) is 0 Å². The van der Waals surface area contributed by atoms with E-state index in [-0.39, 0.29) is 0 Å². The summed E-state index contributed by atoms with van der Waals surface area (Å²) in [5.41, 5.74) is 1.83. The summed E-state index contributed by atoms with van der Waals surface area (Å²) in [5, 5.41) is 15.3. The number of likely N-dealkylation sites (tertiary alicyclic amines) is 1. The van der Waals surface area contributed by atoms with Crippen molar-refractivity contribution in [1.82, 2.24) is 19.6 Å². The fourth-order valence-electron chi connectivity index (χ4n) is 3.36. The first-order valence-electron chi connectivity index (χ1n) is 8.04. The highest BCUT2D eigenvalue weighted by Crippen LogP contribution is 2.23. The molecule has 1 aliphatic rings. The van der Waals surface area contributed by atoms with Crippen molar-refractivity contribution in [2.75, 3.05) is 33.7 Å². The minimum atomic E-state index is -0.574. The molecular formula is C16H30N4O. The van der Waals surface area contributed by atoms with Crippen LogP contribution in [-0.2, 0) is 13.1 Å². The van der Waals surface area contributed by atoms with Gasteiger partial charge in [0.05, 0.1) is 11.3 Å². The first-order chi connectivity index (χ1) is 9.92. The van der Waals surface area contributed by atoms with Crippen LogP contribution in [-0.4, -0.2) is 64.0 Å². The molecule has 1 N–H and O–H groups in total. The Hall–Kier alpha value is -0.910. The van der Waals surface area contributed by atoms with Crippen LogP contribution in [0.1, 0.15) is 37.4 Å². The maximum Gasteiger partial charge on any atom is 0.0900 e. The van der Waals surface area contributed by atoms with E-state index in [1.807, 2.05) is 18.8 Å². The van der Waals surface area contributed by atoms with Crippen LogP contribution in [0.3, 0.4) is 0 Å². The van der Waals surface area contributed by atoms with E-state index >= 15 is 0 Å². The number of aryl methyl sites for hydroxylation is 2. The van der Waals surface area contributed by atoms with Crippen LogP contribution in [0, 0.1) is 6.92 Å². The van der Waals surface area contributed by atoms with Crippen molar-refractivity contribution in [2.24, 2.45) is 0 Å². The summed E-state index contributed by atoms with van der Waals surface area (Å²) < 4.78 is 2.04. The van der Waals surface area contributed by atoms with Crippen LogP contribution in [0.15, 0.2) is 6.20 Å². The van der Waals surface area contributed by atoms with Crippen molar-refractivity contribution >= 4 is 0 Å². The number of piperidine rings is 1. The molecule has 1 aromatic rings. The van der Waals surface area contributed by atoms with Gasteiger partial charge >= 0.3 is 0 Å². The van der Waals surface area contributed by atoms with Crippen molar-refractivity contribution in [3.8, 4) is 0 Å². The second kappa shape index (κ2) is 6.90. The fourth-order valence-corrected chi connectivity index (χ4v) is 3.36. The van der Waals surface area contributed by atoms with E-state index in [2.05, 4.69) is 34.9 Å². The first-order valence-corrected chi connectivity index (χ1v) is 8.04. The van der Waals surface area contributed by atoms with Gasteiger partial charge in [-0.05, 0) is 46.8 Å². The van der Waals surface area contributed by atoms with E-state index in [0.29, 0.717) is 0 Å². The molecule has 1 saturated heterocycles. The molecule has 2 rings (SSSR count). The standard InChI is InChI=1S/C16H30N4O/c1-5-8-20-11-15(14(2)17-20)10-19-9-6-7-16(21,13-19)12-18(3)4/h11,21H,5-10,12-13H2,1-4H3/t16-/m0/s1. The molecule has 0 unspecified atom stereocenters. The Morgan fingerprint density at radius 2 is 2.19 bits per heavy atom. The van der Waals surface area contributed by atoms with Gasteiger partial charge in [0, 0.05) is 37.9 Å². The third-order valence-electron chi connectivity index (χ3n) is 4.14. The largest absolute Gasteiger partial charge is 0.387 e. The molecule has 5 nitrogen and oxygen atoms in total. The Bertz CT molecular complexity index is 457. The van der Waals surface area contributed by atoms with Crippen LogP contribution in [0.25, 0.3) is 0 Å². The Labute approximate surface area is 128 Å². The second-order valence-electron chi connectivity index (χ2n) is 6.78. The van der Waals surface area contributed by atoms with Crippen molar-refractivity contribution in [3.63, 3.8) is 0 Å². The summed E-state index contributed by atoms with van der Waals surface area (Å²) in [7, 11) is 4.05. The van der Waals surface area contributed by atoms with Crippen LogP contribution in [0.4, 0.5) is 0 Å². The Morgan fingerprint density at radius 1 is 1.43 bits per heavy atom. The van der Waals surface area contributed by atoms with Gasteiger partial charge in [0.1, 0.15) is 0 Å². The lowest BCUT2D eigenvalue weighted by Crippen LogP contribution is -2.52. The summed E-state index contributed by atoms with van der Waals surface area (Å²) in [6, 6.07) is 0. The maximum atomic E-state index is 10.7. The molecule has 120 valence electrons. The van der Waals surface area contributed by atoms with Crippen molar-refractivity contribution < 1.29 is 5.11 Å². The highest BCUT2D eigenvalue weighted by Gasteiger charge is 2.33. The molecule has 1 aliphatic heterocycles. The summed E-state index contributed by atoms with van der Waals surface area (Å²) >= 11 is 0. The number of likely N-dealkylation sites (N-methyl/N-ethyl adjacent to an activating group) is 1. The van der Waals surface area contributed by atoms with Crippen LogP contribution >= 0.6 is 0 Å². The molecule has 0 bridgehead atoms. The van der Waals surface area contributed by atoms with E-state index in [1.54, 1.807) is 0 Å². The van der Waals surface area contributed by atoms with Crippen LogP contribution in [0.5, 0.6) is 0 Å². The molecule has 5 heteroatoms. The van der Waals surface area contributed by atoms with E-state index in [0.717, 1.165) is 57.7 Å². The Morgan fingerprint density at radius 3 is 2.86 bits per heavy atom. The minimum absolute atomic E-state index is 0.574. The quantitative estimate of drug-likeness (QED) is 0.863. The molecule has 1 atom stereocenters. The van der Waals surface area contributed by atoms with Gasteiger partial charge in [0.25, 0.3) is 0 Å². The summed E-state index contributed by atoms with van der Waals surface area (Å²) in [5.74, 6) is 0. The van der Waals surface area contributed by atoms with Gasteiger partial charge in [-0.25, -0.2) is 0 Å². The molecule has 0 saturated carbocycles. The van der Waals surface area contributed by atoms with Gasteiger partial charge in [-0.3, -0.25) is 9.58 Å². The molecule has 0 aliphatic carbocycles. The van der Waals surface area contributed by atoms with Crippen molar-refractivity contribution in [3.05, 3.63) is 17.5 Å². The highest BCUT2D eigenvalue weighted by atomic mass is 16.3. The monoisotopic (exact) mass is 294 g/mol. The van der Waals surface area contributed by atoms with E-state index < -0.39 is 5.60 Å². The SMILES string of the molecule is CCCn1cc(CN2CCC[C@](O)(CN(C)C)C2)c(C)n1. The molecular weight excluding hydrogens is 264 g/mol. The lowest BCUT2D eigenvalue weighted by molar-refractivity contribution is -0.0480.